The molecular formula is C11H18N4. The van der Waals surface area contributed by atoms with Crippen molar-refractivity contribution in [1.82, 2.24) is 9.88 Å². The van der Waals surface area contributed by atoms with Gasteiger partial charge >= 0.3 is 0 Å². The zero-order valence-electron chi connectivity index (χ0n) is 9.11. The van der Waals surface area contributed by atoms with Crippen LogP contribution in [0.4, 0.5) is 11.5 Å². The van der Waals surface area contributed by atoms with Gasteiger partial charge < -0.3 is 16.0 Å². The van der Waals surface area contributed by atoms with Crippen LogP contribution in [0.2, 0.25) is 0 Å². The van der Waals surface area contributed by atoms with Crippen LogP contribution in [0, 0.1) is 0 Å². The van der Waals surface area contributed by atoms with Gasteiger partial charge in [0.1, 0.15) is 5.82 Å². The minimum Gasteiger partial charge on any atom is -0.396 e. The van der Waals surface area contributed by atoms with Crippen molar-refractivity contribution >= 4 is 11.5 Å². The van der Waals surface area contributed by atoms with E-state index in [9.17, 15) is 0 Å². The molecule has 4 heteroatoms. The fourth-order valence-corrected chi connectivity index (χ4v) is 2.02. The summed E-state index contributed by atoms with van der Waals surface area (Å²) in [6.07, 6.45) is 4.31. The largest absolute Gasteiger partial charge is 0.396 e. The second kappa shape index (κ2) is 4.49. The zero-order valence-corrected chi connectivity index (χ0v) is 9.11. The molecule has 2 rings (SSSR count). The molecule has 1 aliphatic heterocycles. The summed E-state index contributed by atoms with van der Waals surface area (Å²) in [6.45, 7) is 2.13. The van der Waals surface area contributed by atoms with Gasteiger partial charge in [0.25, 0.3) is 0 Å². The molecule has 0 spiro atoms. The lowest BCUT2D eigenvalue weighted by molar-refractivity contribution is 0.322. The first-order valence-electron chi connectivity index (χ1n) is 5.42. The fraction of sp³-hybridized carbons (Fsp3) is 0.545. The van der Waals surface area contributed by atoms with Crippen molar-refractivity contribution in [2.45, 2.75) is 18.9 Å². The highest BCUT2D eigenvalue weighted by atomic mass is 15.2. The van der Waals surface area contributed by atoms with Crippen LogP contribution < -0.4 is 11.1 Å². The molecule has 82 valence electrons. The third-order valence-corrected chi connectivity index (χ3v) is 3.02. The van der Waals surface area contributed by atoms with Gasteiger partial charge in [-0.15, -0.1) is 0 Å². The number of hydrogen-bond acceptors (Lipinski definition) is 4. The minimum absolute atomic E-state index is 0.617. The quantitative estimate of drug-likeness (QED) is 0.779. The van der Waals surface area contributed by atoms with Crippen LogP contribution in [-0.4, -0.2) is 36.1 Å². The average Bonchev–Trinajstić information content (AvgIpc) is 2.63. The van der Waals surface area contributed by atoms with Crippen LogP contribution in [0.15, 0.2) is 18.3 Å². The SMILES string of the molecule is CN1CCCC1CNc1ncccc1N. The van der Waals surface area contributed by atoms with E-state index in [1.807, 2.05) is 12.1 Å². The number of likely N-dealkylation sites (tertiary alicyclic amines) is 1. The van der Waals surface area contributed by atoms with E-state index in [0.717, 1.165) is 18.1 Å². The van der Waals surface area contributed by atoms with Gasteiger partial charge in [0.15, 0.2) is 0 Å². The number of hydrogen-bond donors (Lipinski definition) is 2. The van der Waals surface area contributed by atoms with Crippen LogP contribution in [0.5, 0.6) is 0 Å². The summed E-state index contributed by atoms with van der Waals surface area (Å²) in [5.41, 5.74) is 6.52. The Morgan fingerprint density at radius 1 is 1.67 bits per heavy atom. The maximum atomic E-state index is 5.80. The van der Waals surface area contributed by atoms with E-state index in [0.29, 0.717) is 6.04 Å². The van der Waals surface area contributed by atoms with Crippen molar-refractivity contribution in [2.24, 2.45) is 0 Å². The molecule has 2 heterocycles. The van der Waals surface area contributed by atoms with Gasteiger partial charge in [0.05, 0.1) is 5.69 Å². The van der Waals surface area contributed by atoms with Crippen molar-refractivity contribution in [3.8, 4) is 0 Å². The molecule has 1 aromatic heterocycles. The molecule has 1 saturated heterocycles. The van der Waals surface area contributed by atoms with Gasteiger partial charge in [-0.05, 0) is 38.6 Å². The lowest BCUT2D eigenvalue weighted by Crippen LogP contribution is -2.31. The predicted octanol–water partition coefficient (Wildman–Crippen LogP) is 1.17. The van der Waals surface area contributed by atoms with E-state index >= 15 is 0 Å². The maximum Gasteiger partial charge on any atom is 0.149 e. The lowest BCUT2D eigenvalue weighted by Gasteiger charge is -2.20. The molecule has 0 saturated carbocycles. The van der Waals surface area contributed by atoms with Crippen LogP contribution in [0.25, 0.3) is 0 Å². The fourth-order valence-electron chi connectivity index (χ4n) is 2.02. The monoisotopic (exact) mass is 206 g/mol. The van der Waals surface area contributed by atoms with Gasteiger partial charge in [0, 0.05) is 18.8 Å². The molecule has 0 aromatic carbocycles. The normalized spacial score (nSPS) is 21.8. The van der Waals surface area contributed by atoms with E-state index in [4.69, 9.17) is 5.73 Å². The first kappa shape index (κ1) is 10.2. The third-order valence-electron chi connectivity index (χ3n) is 3.02. The molecule has 0 amide bonds. The molecule has 0 bridgehead atoms. The van der Waals surface area contributed by atoms with Crippen molar-refractivity contribution in [3.63, 3.8) is 0 Å². The molecule has 0 radical (unpaired) electrons. The van der Waals surface area contributed by atoms with Crippen molar-refractivity contribution < 1.29 is 0 Å². The van der Waals surface area contributed by atoms with E-state index in [2.05, 4.69) is 22.2 Å². The third kappa shape index (κ3) is 2.39. The van der Waals surface area contributed by atoms with E-state index in [1.54, 1.807) is 6.20 Å². The number of nitrogen functional groups attached to an aromatic ring is 1. The summed E-state index contributed by atoms with van der Waals surface area (Å²) in [7, 11) is 2.17. The molecular weight excluding hydrogens is 188 g/mol. The Balaban J connectivity index is 1.90. The number of likely N-dealkylation sites (N-methyl/N-ethyl adjacent to an activating group) is 1. The second-order valence-corrected chi connectivity index (χ2v) is 4.10. The Bertz CT molecular complexity index is 326. The molecule has 1 fully saturated rings. The Morgan fingerprint density at radius 3 is 3.20 bits per heavy atom. The first-order valence-corrected chi connectivity index (χ1v) is 5.42. The van der Waals surface area contributed by atoms with Crippen molar-refractivity contribution in [3.05, 3.63) is 18.3 Å². The van der Waals surface area contributed by atoms with E-state index < -0.39 is 0 Å². The van der Waals surface area contributed by atoms with Gasteiger partial charge in [0.2, 0.25) is 0 Å². The molecule has 15 heavy (non-hydrogen) atoms. The average molecular weight is 206 g/mol. The molecule has 4 nitrogen and oxygen atoms in total. The number of nitrogens with two attached hydrogens (primary N) is 1. The smallest absolute Gasteiger partial charge is 0.149 e. The van der Waals surface area contributed by atoms with Gasteiger partial charge in [-0.3, -0.25) is 0 Å². The molecule has 1 atom stereocenters. The minimum atomic E-state index is 0.617. The summed E-state index contributed by atoms with van der Waals surface area (Å²) in [6, 6.07) is 4.34. The first-order chi connectivity index (χ1) is 7.27. The number of anilines is 2. The van der Waals surface area contributed by atoms with Gasteiger partial charge in [-0.2, -0.15) is 0 Å². The topological polar surface area (TPSA) is 54.2 Å². The predicted molar refractivity (Wildman–Crippen MR) is 62.8 cm³/mol. The molecule has 1 aromatic rings. The van der Waals surface area contributed by atoms with Crippen molar-refractivity contribution in [1.29, 1.82) is 0 Å². The number of pyridine rings is 1. The lowest BCUT2D eigenvalue weighted by atomic mass is 10.2. The summed E-state index contributed by atoms with van der Waals surface area (Å²) in [4.78, 5) is 6.59. The van der Waals surface area contributed by atoms with Gasteiger partial charge in [-0.25, -0.2) is 4.98 Å². The number of rotatable bonds is 3. The van der Waals surface area contributed by atoms with Crippen LogP contribution in [0.1, 0.15) is 12.8 Å². The number of nitrogens with one attached hydrogen (secondary N) is 1. The van der Waals surface area contributed by atoms with Crippen molar-refractivity contribution in [2.75, 3.05) is 31.2 Å². The molecule has 0 aliphatic carbocycles. The Morgan fingerprint density at radius 2 is 2.53 bits per heavy atom. The Labute approximate surface area is 90.5 Å². The van der Waals surface area contributed by atoms with Crippen LogP contribution in [-0.2, 0) is 0 Å². The summed E-state index contributed by atoms with van der Waals surface area (Å²) in [5, 5.41) is 3.31. The standard InChI is InChI=1S/C11H18N4/c1-15-7-3-4-9(15)8-14-11-10(12)5-2-6-13-11/h2,5-6,9H,3-4,7-8,12H2,1H3,(H,13,14). The van der Waals surface area contributed by atoms with Crippen LogP contribution >= 0.6 is 0 Å². The van der Waals surface area contributed by atoms with Crippen LogP contribution in [0.3, 0.4) is 0 Å². The summed E-state index contributed by atoms with van der Waals surface area (Å²) in [5.74, 6) is 0.804. The molecule has 1 aliphatic rings. The number of nitrogens with zero attached hydrogens (tertiary/aromatic N) is 2. The highest BCUT2D eigenvalue weighted by molar-refractivity contribution is 5.60. The maximum absolute atomic E-state index is 5.80. The highest BCUT2D eigenvalue weighted by Crippen LogP contribution is 2.17. The summed E-state index contributed by atoms with van der Waals surface area (Å²) >= 11 is 0. The zero-order chi connectivity index (χ0) is 10.7. The van der Waals surface area contributed by atoms with E-state index in [1.165, 1.54) is 19.4 Å². The molecule has 1 unspecified atom stereocenters. The Kier molecular flexibility index (Phi) is 3.06. The Hall–Kier alpha value is -1.29. The van der Waals surface area contributed by atoms with E-state index in [-0.39, 0.29) is 0 Å². The van der Waals surface area contributed by atoms with Gasteiger partial charge in [-0.1, -0.05) is 0 Å². The summed E-state index contributed by atoms with van der Waals surface area (Å²) < 4.78 is 0. The second-order valence-electron chi connectivity index (χ2n) is 4.10. The molecule has 3 N–H and O–H groups in total. The highest BCUT2D eigenvalue weighted by Gasteiger charge is 2.20. The number of aromatic nitrogens is 1.